The van der Waals surface area contributed by atoms with Crippen LogP contribution in [-0.2, 0) is 6.42 Å². The summed E-state index contributed by atoms with van der Waals surface area (Å²) in [4.78, 5) is 21.0. The van der Waals surface area contributed by atoms with E-state index in [2.05, 4.69) is 31.2 Å². The number of hydrogen-bond donors (Lipinski definition) is 1. The minimum absolute atomic E-state index is 0.292. The van der Waals surface area contributed by atoms with Gasteiger partial charge in [-0.05, 0) is 53.0 Å². The number of carbonyl (C=O) groups excluding carboxylic acids is 1. The van der Waals surface area contributed by atoms with Crippen LogP contribution >= 0.6 is 15.9 Å². The molecule has 3 aromatic heterocycles. The molecule has 0 bridgehead atoms. The molecule has 1 amide bonds. The lowest BCUT2D eigenvalue weighted by Gasteiger charge is -2.07. The molecule has 0 saturated carbocycles. The van der Waals surface area contributed by atoms with Crippen LogP contribution in [0.2, 0.25) is 0 Å². The Morgan fingerprint density at radius 1 is 1.43 bits per heavy atom. The highest BCUT2D eigenvalue weighted by Crippen LogP contribution is 2.23. The first-order valence-corrected chi connectivity index (χ1v) is 7.89. The molecule has 0 radical (unpaired) electrons. The van der Waals surface area contributed by atoms with Crippen molar-refractivity contribution in [3.05, 3.63) is 57.8 Å². The largest absolute Gasteiger partial charge is 0.305 e. The minimum atomic E-state index is -0.452. The van der Waals surface area contributed by atoms with E-state index in [9.17, 15) is 9.18 Å². The molecule has 0 saturated heterocycles. The fourth-order valence-corrected chi connectivity index (χ4v) is 3.03. The maximum atomic E-state index is 12.9. The van der Waals surface area contributed by atoms with Crippen LogP contribution in [0.25, 0.3) is 5.65 Å². The first kappa shape index (κ1) is 15.6. The Labute approximate surface area is 140 Å². The molecule has 3 heterocycles. The first-order valence-electron chi connectivity index (χ1n) is 7.09. The second-order valence-corrected chi connectivity index (χ2v) is 5.99. The molecule has 7 heteroatoms. The molecule has 0 atom stereocenters. The normalized spacial score (nSPS) is 11.0. The molecule has 3 rings (SSSR count). The molecule has 0 fully saturated rings. The van der Waals surface area contributed by atoms with Gasteiger partial charge in [0.05, 0.1) is 16.4 Å². The molecule has 0 spiro atoms. The van der Waals surface area contributed by atoms with Crippen LogP contribution in [0.3, 0.4) is 0 Å². The van der Waals surface area contributed by atoms with E-state index < -0.39 is 5.82 Å². The van der Waals surface area contributed by atoms with E-state index >= 15 is 0 Å². The predicted octanol–water partition coefficient (Wildman–Crippen LogP) is 3.75. The summed E-state index contributed by atoms with van der Waals surface area (Å²) in [6, 6.07) is 4.62. The van der Waals surface area contributed by atoms with Crippen LogP contribution < -0.4 is 5.32 Å². The van der Waals surface area contributed by atoms with Crippen LogP contribution in [0.4, 0.5) is 10.2 Å². The average molecular weight is 377 g/mol. The molecule has 118 valence electrons. The molecule has 0 aliphatic rings. The summed E-state index contributed by atoms with van der Waals surface area (Å²) in [6.07, 6.45) is 3.54. The number of halogens is 2. The van der Waals surface area contributed by atoms with Crippen molar-refractivity contribution in [2.75, 3.05) is 5.32 Å². The number of aromatic nitrogens is 3. The summed E-state index contributed by atoms with van der Waals surface area (Å²) < 4.78 is 15.5. The van der Waals surface area contributed by atoms with E-state index in [1.807, 2.05) is 26.1 Å². The Hall–Kier alpha value is -2.28. The minimum Gasteiger partial charge on any atom is -0.305 e. The SMILES string of the molecule is CCc1nc2c(Br)cc(C)cn2c1C(=O)Nc1ccc(F)cn1. The summed E-state index contributed by atoms with van der Waals surface area (Å²) >= 11 is 3.48. The number of rotatable bonds is 3. The van der Waals surface area contributed by atoms with E-state index in [0.717, 1.165) is 16.2 Å². The van der Waals surface area contributed by atoms with Gasteiger partial charge in [0.25, 0.3) is 5.91 Å². The average Bonchev–Trinajstić information content (AvgIpc) is 2.88. The van der Waals surface area contributed by atoms with Crippen molar-refractivity contribution >= 4 is 33.3 Å². The van der Waals surface area contributed by atoms with Gasteiger partial charge in [-0.3, -0.25) is 9.20 Å². The Bertz CT molecular complexity index is 889. The number of pyridine rings is 2. The van der Waals surface area contributed by atoms with Gasteiger partial charge in [-0.2, -0.15) is 0 Å². The van der Waals surface area contributed by atoms with Gasteiger partial charge in [0.15, 0.2) is 5.65 Å². The molecule has 0 aromatic carbocycles. The molecule has 0 unspecified atom stereocenters. The van der Waals surface area contributed by atoms with Gasteiger partial charge in [0, 0.05) is 6.20 Å². The quantitative estimate of drug-likeness (QED) is 0.756. The summed E-state index contributed by atoms with van der Waals surface area (Å²) in [7, 11) is 0. The maximum absolute atomic E-state index is 12.9. The fourth-order valence-electron chi connectivity index (χ4n) is 2.39. The van der Waals surface area contributed by atoms with Crippen LogP contribution in [-0.4, -0.2) is 20.3 Å². The van der Waals surface area contributed by atoms with Crippen LogP contribution in [0.15, 0.2) is 35.1 Å². The topological polar surface area (TPSA) is 59.3 Å². The molecule has 23 heavy (non-hydrogen) atoms. The van der Waals surface area contributed by atoms with Gasteiger partial charge in [-0.25, -0.2) is 14.4 Å². The molecule has 3 aromatic rings. The standard InChI is InChI=1S/C16H14BrFN4O/c1-3-12-14(16(23)21-13-5-4-10(18)7-19-13)22-8-9(2)6-11(17)15(22)20-12/h4-8H,3H2,1-2H3,(H,19,21,23). The summed E-state index contributed by atoms with van der Waals surface area (Å²) in [5.74, 6) is -0.488. The van der Waals surface area contributed by atoms with Crippen molar-refractivity contribution in [3.63, 3.8) is 0 Å². The van der Waals surface area contributed by atoms with Gasteiger partial charge in [0.1, 0.15) is 17.3 Å². The van der Waals surface area contributed by atoms with E-state index in [1.165, 1.54) is 12.1 Å². The second-order valence-electron chi connectivity index (χ2n) is 5.14. The van der Waals surface area contributed by atoms with E-state index in [0.29, 0.717) is 29.3 Å². The summed E-state index contributed by atoms with van der Waals surface area (Å²) in [6.45, 7) is 3.88. The number of fused-ring (bicyclic) bond motifs is 1. The zero-order valence-corrected chi connectivity index (χ0v) is 14.2. The maximum Gasteiger partial charge on any atom is 0.275 e. The molecular weight excluding hydrogens is 363 g/mol. The monoisotopic (exact) mass is 376 g/mol. The number of amides is 1. The lowest BCUT2D eigenvalue weighted by Crippen LogP contribution is -2.17. The molecular formula is C16H14BrFN4O. The van der Waals surface area contributed by atoms with Gasteiger partial charge >= 0.3 is 0 Å². The third-order valence-electron chi connectivity index (χ3n) is 3.40. The van der Waals surface area contributed by atoms with Crippen molar-refractivity contribution in [2.24, 2.45) is 0 Å². The number of aryl methyl sites for hydroxylation is 2. The third kappa shape index (κ3) is 2.96. The first-order chi connectivity index (χ1) is 11.0. The molecule has 0 aliphatic heterocycles. The lowest BCUT2D eigenvalue weighted by molar-refractivity contribution is 0.102. The number of anilines is 1. The molecule has 5 nitrogen and oxygen atoms in total. The smallest absolute Gasteiger partial charge is 0.275 e. The Balaban J connectivity index is 2.07. The fraction of sp³-hybridized carbons (Fsp3) is 0.188. The van der Waals surface area contributed by atoms with E-state index in [1.54, 1.807) is 4.40 Å². The number of imidazole rings is 1. The predicted molar refractivity (Wildman–Crippen MR) is 89.2 cm³/mol. The van der Waals surface area contributed by atoms with Crippen LogP contribution in [0.1, 0.15) is 28.7 Å². The van der Waals surface area contributed by atoms with E-state index in [-0.39, 0.29) is 5.91 Å². The van der Waals surface area contributed by atoms with Crippen molar-refractivity contribution in [1.82, 2.24) is 14.4 Å². The second kappa shape index (κ2) is 6.08. The lowest BCUT2D eigenvalue weighted by atomic mass is 10.2. The van der Waals surface area contributed by atoms with Crippen molar-refractivity contribution in [3.8, 4) is 0 Å². The van der Waals surface area contributed by atoms with Crippen molar-refractivity contribution in [2.45, 2.75) is 20.3 Å². The highest BCUT2D eigenvalue weighted by Gasteiger charge is 2.20. The zero-order chi connectivity index (χ0) is 16.6. The van der Waals surface area contributed by atoms with Crippen molar-refractivity contribution in [1.29, 1.82) is 0 Å². The van der Waals surface area contributed by atoms with Gasteiger partial charge in [-0.15, -0.1) is 0 Å². The molecule has 0 aliphatic carbocycles. The number of nitrogens with one attached hydrogen (secondary N) is 1. The highest BCUT2D eigenvalue weighted by molar-refractivity contribution is 9.10. The summed E-state index contributed by atoms with van der Waals surface area (Å²) in [5, 5.41) is 2.68. The highest BCUT2D eigenvalue weighted by atomic mass is 79.9. The Morgan fingerprint density at radius 2 is 2.22 bits per heavy atom. The Morgan fingerprint density at radius 3 is 2.87 bits per heavy atom. The number of carbonyl (C=O) groups is 1. The third-order valence-corrected chi connectivity index (χ3v) is 3.99. The van der Waals surface area contributed by atoms with Gasteiger partial charge < -0.3 is 5.32 Å². The number of hydrogen-bond acceptors (Lipinski definition) is 3. The van der Waals surface area contributed by atoms with Crippen LogP contribution in [0, 0.1) is 12.7 Å². The summed E-state index contributed by atoms with van der Waals surface area (Å²) in [5.41, 5.74) is 2.83. The van der Waals surface area contributed by atoms with Crippen molar-refractivity contribution < 1.29 is 9.18 Å². The molecule has 1 N–H and O–H groups in total. The van der Waals surface area contributed by atoms with Gasteiger partial charge in [0.2, 0.25) is 0 Å². The zero-order valence-electron chi connectivity index (χ0n) is 12.6. The van der Waals surface area contributed by atoms with Crippen LogP contribution in [0.5, 0.6) is 0 Å². The number of nitrogens with zero attached hydrogens (tertiary/aromatic N) is 3. The van der Waals surface area contributed by atoms with E-state index in [4.69, 9.17) is 0 Å². The Kier molecular flexibility index (Phi) is 4.12. The van der Waals surface area contributed by atoms with Gasteiger partial charge in [-0.1, -0.05) is 6.92 Å².